The summed E-state index contributed by atoms with van der Waals surface area (Å²) in [6, 6.07) is 4.74. The number of carbonyl (C=O) groups is 2. The largest absolute Gasteiger partial charge is 0.494 e. The SMILES string of the molecule is COc1cc(N)ccc1N1C(=O)COCC1=O. The number of ether oxygens (including phenoxy) is 2. The molecule has 6 nitrogen and oxygen atoms in total. The summed E-state index contributed by atoms with van der Waals surface area (Å²) < 4.78 is 9.95. The average molecular weight is 236 g/mol. The maximum Gasteiger partial charge on any atom is 0.259 e. The van der Waals surface area contributed by atoms with Gasteiger partial charge in [0.25, 0.3) is 11.8 Å². The van der Waals surface area contributed by atoms with Crippen LogP contribution in [0, 0.1) is 0 Å². The Morgan fingerprint density at radius 3 is 2.53 bits per heavy atom. The Kier molecular flexibility index (Phi) is 2.97. The van der Waals surface area contributed by atoms with Gasteiger partial charge >= 0.3 is 0 Å². The highest BCUT2D eigenvalue weighted by Crippen LogP contribution is 2.31. The summed E-state index contributed by atoms with van der Waals surface area (Å²) in [5, 5.41) is 0. The predicted octanol–water partition coefficient (Wildman–Crippen LogP) is 0.167. The standard InChI is InChI=1S/C11H12N2O4/c1-16-9-4-7(12)2-3-8(9)13-10(14)5-17-6-11(13)15/h2-4H,5-6,12H2,1H3. The Morgan fingerprint density at radius 1 is 1.29 bits per heavy atom. The molecule has 0 aliphatic carbocycles. The molecular weight excluding hydrogens is 224 g/mol. The average Bonchev–Trinajstić information content (AvgIpc) is 2.30. The first-order valence-electron chi connectivity index (χ1n) is 5.00. The molecular formula is C11H12N2O4. The minimum absolute atomic E-state index is 0.112. The Labute approximate surface area is 97.9 Å². The van der Waals surface area contributed by atoms with Crippen LogP contribution in [0.3, 0.4) is 0 Å². The molecule has 0 radical (unpaired) electrons. The second-order valence-corrected chi connectivity index (χ2v) is 3.55. The molecule has 1 fully saturated rings. The molecule has 1 saturated heterocycles. The third kappa shape index (κ3) is 2.07. The van der Waals surface area contributed by atoms with E-state index in [9.17, 15) is 9.59 Å². The molecule has 1 aromatic carbocycles. The molecule has 1 aliphatic rings. The summed E-state index contributed by atoms with van der Waals surface area (Å²) in [4.78, 5) is 24.4. The molecule has 90 valence electrons. The van der Waals surface area contributed by atoms with Crippen LogP contribution in [0.2, 0.25) is 0 Å². The second kappa shape index (κ2) is 4.42. The number of rotatable bonds is 2. The Bertz CT molecular complexity index is 457. The quantitative estimate of drug-likeness (QED) is 0.584. The molecule has 2 N–H and O–H groups in total. The minimum Gasteiger partial charge on any atom is -0.494 e. The Morgan fingerprint density at radius 2 is 1.94 bits per heavy atom. The van der Waals surface area contributed by atoms with E-state index >= 15 is 0 Å². The molecule has 0 spiro atoms. The molecule has 0 saturated carbocycles. The van der Waals surface area contributed by atoms with E-state index in [0.29, 0.717) is 17.1 Å². The van der Waals surface area contributed by atoms with E-state index in [4.69, 9.17) is 15.2 Å². The summed E-state index contributed by atoms with van der Waals surface area (Å²) in [5.74, 6) is -0.442. The highest BCUT2D eigenvalue weighted by Gasteiger charge is 2.30. The maximum atomic E-state index is 11.7. The number of nitrogens with zero attached hydrogens (tertiary/aromatic N) is 1. The lowest BCUT2D eigenvalue weighted by Crippen LogP contribution is -2.46. The molecule has 6 heteroatoms. The second-order valence-electron chi connectivity index (χ2n) is 3.55. The van der Waals surface area contributed by atoms with Gasteiger partial charge in [-0.3, -0.25) is 9.59 Å². The van der Waals surface area contributed by atoms with Crippen LogP contribution in [0.15, 0.2) is 18.2 Å². The minimum atomic E-state index is -0.413. The first-order valence-corrected chi connectivity index (χ1v) is 5.00. The van der Waals surface area contributed by atoms with Gasteiger partial charge in [0, 0.05) is 11.8 Å². The van der Waals surface area contributed by atoms with E-state index in [0.717, 1.165) is 4.90 Å². The van der Waals surface area contributed by atoms with Gasteiger partial charge in [0.1, 0.15) is 19.0 Å². The van der Waals surface area contributed by atoms with Crippen LogP contribution >= 0.6 is 0 Å². The van der Waals surface area contributed by atoms with Gasteiger partial charge in [-0.05, 0) is 12.1 Å². The fraction of sp³-hybridized carbons (Fsp3) is 0.273. The van der Waals surface area contributed by atoms with Crippen molar-refractivity contribution in [3.63, 3.8) is 0 Å². The van der Waals surface area contributed by atoms with Crippen LogP contribution in [0.1, 0.15) is 0 Å². The van der Waals surface area contributed by atoms with Gasteiger partial charge < -0.3 is 15.2 Å². The van der Waals surface area contributed by atoms with Gasteiger partial charge in [-0.2, -0.15) is 0 Å². The van der Waals surface area contributed by atoms with Crippen LogP contribution in [-0.4, -0.2) is 32.1 Å². The number of nitrogen functional groups attached to an aromatic ring is 1. The van der Waals surface area contributed by atoms with Gasteiger partial charge in [0.15, 0.2) is 0 Å². The lowest BCUT2D eigenvalue weighted by Gasteiger charge is -2.26. The van der Waals surface area contributed by atoms with Crippen molar-refractivity contribution in [1.82, 2.24) is 0 Å². The summed E-state index contributed by atoms with van der Waals surface area (Å²) in [6.07, 6.45) is 0. The summed E-state index contributed by atoms with van der Waals surface area (Å²) in [6.45, 7) is -0.224. The van der Waals surface area contributed by atoms with Gasteiger partial charge in [0.05, 0.1) is 12.8 Å². The fourth-order valence-electron chi connectivity index (χ4n) is 1.64. The van der Waals surface area contributed by atoms with Gasteiger partial charge in [-0.15, -0.1) is 0 Å². The molecule has 2 amide bonds. The highest BCUT2D eigenvalue weighted by atomic mass is 16.5. The lowest BCUT2D eigenvalue weighted by molar-refractivity contribution is -0.138. The van der Waals surface area contributed by atoms with Crippen molar-refractivity contribution in [3.05, 3.63) is 18.2 Å². The predicted molar refractivity (Wildman–Crippen MR) is 60.7 cm³/mol. The maximum absolute atomic E-state index is 11.7. The number of imide groups is 1. The third-order valence-electron chi connectivity index (χ3n) is 2.39. The number of hydrogen-bond acceptors (Lipinski definition) is 5. The van der Waals surface area contributed by atoms with Crippen molar-refractivity contribution < 1.29 is 19.1 Å². The van der Waals surface area contributed by atoms with Gasteiger partial charge in [0.2, 0.25) is 0 Å². The molecule has 2 rings (SSSR count). The summed E-state index contributed by atoms with van der Waals surface area (Å²) in [7, 11) is 1.45. The highest BCUT2D eigenvalue weighted by molar-refractivity contribution is 6.17. The van der Waals surface area contributed by atoms with Gasteiger partial charge in [-0.1, -0.05) is 0 Å². The van der Waals surface area contributed by atoms with E-state index in [1.165, 1.54) is 7.11 Å². The van der Waals surface area contributed by atoms with Crippen molar-refractivity contribution >= 4 is 23.2 Å². The first kappa shape index (κ1) is 11.4. The molecule has 0 bridgehead atoms. The third-order valence-corrected chi connectivity index (χ3v) is 2.39. The van der Waals surface area contributed by atoms with E-state index in [1.54, 1.807) is 18.2 Å². The van der Waals surface area contributed by atoms with Crippen molar-refractivity contribution in [3.8, 4) is 5.75 Å². The van der Waals surface area contributed by atoms with Crippen LogP contribution in [-0.2, 0) is 14.3 Å². The van der Waals surface area contributed by atoms with Crippen LogP contribution in [0.5, 0.6) is 5.75 Å². The number of amides is 2. The zero-order valence-electron chi connectivity index (χ0n) is 9.30. The van der Waals surface area contributed by atoms with Crippen molar-refractivity contribution in [2.75, 3.05) is 31.0 Å². The lowest BCUT2D eigenvalue weighted by atomic mass is 10.2. The van der Waals surface area contributed by atoms with E-state index in [1.807, 2.05) is 0 Å². The number of carbonyl (C=O) groups excluding carboxylic acids is 2. The van der Waals surface area contributed by atoms with E-state index in [2.05, 4.69) is 0 Å². The summed E-state index contributed by atoms with van der Waals surface area (Å²) in [5.41, 5.74) is 6.50. The topological polar surface area (TPSA) is 81.9 Å². The van der Waals surface area contributed by atoms with Crippen molar-refractivity contribution in [1.29, 1.82) is 0 Å². The molecule has 1 heterocycles. The molecule has 0 aromatic heterocycles. The normalized spacial score (nSPS) is 16.2. The van der Waals surface area contributed by atoms with Crippen LogP contribution in [0.4, 0.5) is 11.4 Å². The van der Waals surface area contributed by atoms with Gasteiger partial charge in [-0.25, -0.2) is 4.90 Å². The smallest absolute Gasteiger partial charge is 0.259 e. The number of nitrogens with two attached hydrogens (primary N) is 1. The molecule has 17 heavy (non-hydrogen) atoms. The fourth-order valence-corrected chi connectivity index (χ4v) is 1.64. The van der Waals surface area contributed by atoms with Crippen molar-refractivity contribution in [2.45, 2.75) is 0 Å². The first-order chi connectivity index (χ1) is 8.13. The molecule has 0 atom stereocenters. The van der Waals surface area contributed by atoms with E-state index < -0.39 is 11.8 Å². The van der Waals surface area contributed by atoms with Crippen molar-refractivity contribution in [2.24, 2.45) is 0 Å². The Hall–Kier alpha value is -2.08. The zero-order valence-corrected chi connectivity index (χ0v) is 9.30. The Balaban J connectivity index is 2.44. The summed E-state index contributed by atoms with van der Waals surface area (Å²) >= 11 is 0. The molecule has 1 aliphatic heterocycles. The van der Waals surface area contributed by atoms with Crippen LogP contribution in [0.25, 0.3) is 0 Å². The molecule has 1 aromatic rings. The molecule has 0 unspecified atom stereocenters. The number of morpholine rings is 1. The monoisotopic (exact) mass is 236 g/mol. The van der Waals surface area contributed by atoms with E-state index in [-0.39, 0.29) is 13.2 Å². The zero-order chi connectivity index (χ0) is 12.4. The van der Waals surface area contributed by atoms with Crippen LogP contribution < -0.4 is 15.4 Å². The number of methoxy groups -OCH3 is 1. The number of hydrogen-bond donors (Lipinski definition) is 1. The number of anilines is 2. The number of benzene rings is 1.